The number of imidazole rings is 1. The van der Waals surface area contributed by atoms with Gasteiger partial charge < -0.3 is 14.2 Å². The van der Waals surface area contributed by atoms with Gasteiger partial charge in [0.2, 0.25) is 0 Å². The highest BCUT2D eigenvalue weighted by Gasteiger charge is 2.38. The van der Waals surface area contributed by atoms with Crippen LogP contribution in [0.1, 0.15) is 53.8 Å². The molecule has 37 heavy (non-hydrogen) atoms. The second-order valence-electron chi connectivity index (χ2n) is 10.6. The van der Waals surface area contributed by atoms with Crippen LogP contribution in [0.3, 0.4) is 0 Å². The monoisotopic (exact) mass is 504 g/mol. The van der Waals surface area contributed by atoms with Gasteiger partial charge in [-0.25, -0.2) is 9.37 Å². The van der Waals surface area contributed by atoms with Crippen LogP contribution in [0.4, 0.5) is 4.39 Å². The fourth-order valence-corrected chi connectivity index (χ4v) is 5.89. The van der Waals surface area contributed by atoms with Crippen molar-refractivity contribution in [1.82, 2.24) is 19.4 Å². The molecule has 2 aromatic carbocycles. The molecule has 0 saturated carbocycles. The van der Waals surface area contributed by atoms with Gasteiger partial charge in [-0.2, -0.15) is 0 Å². The van der Waals surface area contributed by atoms with Crippen LogP contribution >= 0.6 is 0 Å². The topological polar surface area (TPSA) is 50.6 Å². The molecule has 3 heterocycles. The molecule has 3 aromatic rings. The average Bonchev–Trinajstić information content (AvgIpc) is 3.34. The third kappa shape index (κ3) is 6.04. The molecule has 1 aromatic heterocycles. The molecule has 0 bridgehead atoms. The molecule has 0 N–H and O–H groups in total. The molecular formula is C30H37FN4O2. The Bertz CT molecular complexity index is 1200. The number of amides is 1. The number of fused-ring (bicyclic) bond motifs is 1. The summed E-state index contributed by atoms with van der Waals surface area (Å²) in [4.78, 5) is 21.7. The van der Waals surface area contributed by atoms with Gasteiger partial charge in [0.25, 0.3) is 5.91 Å². The maximum atomic E-state index is 14.6. The minimum atomic E-state index is -0.163. The van der Waals surface area contributed by atoms with Crippen LogP contribution in [-0.4, -0.2) is 58.0 Å². The minimum Gasteiger partial charge on any atom is -0.492 e. The van der Waals surface area contributed by atoms with Gasteiger partial charge in [-0.3, -0.25) is 9.69 Å². The number of benzene rings is 2. The Morgan fingerprint density at radius 2 is 1.81 bits per heavy atom. The molecule has 0 unspecified atom stereocenters. The summed E-state index contributed by atoms with van der Waals surface area (Å²) in [5, 5.41) is 0. The van der Waals surface area contributed by atoms with Gasteiger partial charge in [-0.15, -0.1) is 0 Å². The van der Waals surface area contributed by atoms with Crippen LogP contribution in [-0.2, 0) is 20.0 Å². The summed E-state index contributed by atoms with van der Waals surface area (Å²) < 4.78 is 22.6. The van der Waals surface area contributed by atoms with Crippen LogP contribution in [0.15, 0.2) is 60.9 Å². The lowest BCUT2D eigenvalue weighted by Gasteiger charge is -2.45. The molecule has 2 aliphatic heterocycles. The van der Waals surface area contributed by atoms with E-state index in [1.807, 2.05) is 36.3 Å². The Morgan fingerprint density at radius 3 is 2.59 bits per heavy atom. The van der Waals surface area contributed by atoms with E-state index in [0.717, 1.165) is 70.5 Å². The zero-order valence-electron chi connectivity index (χ0n) is 21.7. The van der Waals surface area contributed by atoms with Crippen LogP contribution in [0.5, 0.6) is 5.75 Å². The van der Waals surface area contributed by atoms with E-state index in [1.165, 1.54) is 11.6 Å². The second kappa shape index (κ2) is 11.5. The molecule has 2 aliphatic rings. The molecule has 7 heteroatoms. The minimum absolute atomic E-state index is 0.00345. The largest absolute Gasteiger partial charge is 0.492 e. The number of aryl methyl sites for hydroxylation is 2. The number of halogens is 1. The van der Waals surface area contributed by atoms with E-state index in [1.54, 1.807) is 16.8 Å². The van der Waals surface area contributed by atoms with Crippen molar-refractivity contribution in [3.63, 3.8) is 0 Å². The van der Waals surface area contributed by atoms with Crippen molar-refractivity contribution in [3.05, 3.63) is 83.7 Å². The number of ether oxygens (including phenoxy) is 1. The fourth-order valence-electron chi connectivity index (χ4n) is 5.89. The first-order chi connectivity index (χ1) is 18.0. The van der Waals surface area contributed by atoms with Crippen molar-refractivity contribution in [2.45, 2.75) is 45.1 Å². The van der Waals surface area contributed by atoms with Crippen LogP contribution < -0.4 is 4.74 Å². The molecule has 1 saturated heterocycles. The first-order valence-electron chi connectivity index (χ1n) is 13.5. The number of nitrogens with zero attached hydrogens (tertiary/aromatic N) is 4. The van der Waals surface area contributed by atoms with Gasteiger partial charge in [0.05, 0.1) is 0 Å². The predicted octanol–water partition coefficient (Wildman–Crippen LogP) is 5.09. The van der Waals surface area contributed by atoms with Crippen molar-refractivity contribution < 1.29 is 13.9 Å². The molecular weight excluding hydrogens is 467 g/mol. The third-order valence-electron chi connectivity index (χ3n) is 8.08. The average molecular weight is 505 g/mol. The number of likely N-dealkylation sites (tertiary alicyclic amines) is 1. The van der Waals surface area contributed by atoms with Crippen LogP contribution in [0.2, 0.25) is 0 Å². The Balaban J connectivity index is 1.34. The lowest BCUT2D eigenvalue weighted by atomic mass is 9.73. The number of hydrogen-bond donors (Lipinski definition) is 0. The van der Waals surface area contributed by atoms with Gasteiger partial charge in [0.1, 0.15) is 18.2 Å². The third-order valence-corrected chi connectivity index (χ3v) is 8.08. The maximum Gasteiger partial charge on any atom is 0.289 e. The molecule has 1 fully saturated rings. The van der Waals surface area contributed by atoms with Crippen molar-refractivity contribution >= 4 is 5.91 Å². The number of carbonyl (C=O) groups is 1. The SMILES string of the molecule is Cn1ccnc1C(=O)N1CCC2(CCCCc3ccccc3OCCN(Cc3ccccc3F)C2)CC1. The zero-order valence-corrected chi connectivity index (χ0v) is 21.7. The molecule has 1 amide bonds. The van der Waals surface area contributed by atoms with E-state index in [4.69, 9.17) is 4.74 Å². The Kier molecular flexibility index (Phi) is 7.89. The first-order valence-corrected chi connectivity index (χ1v) is 13.5. The summed E-state index contributed by atoms with van der Waals surface area (Å²) >= 11 is 0. The molecule has 1 spiro atoms. The highest BCUT2D eigenvalue weighted by molar-refractivity contribution is 5.90. The van der Waals surface area contributed by atoms with Gasteiger partial charge in [0, 0.05) is 57.7 Å². The van der Waals surface area contributed by atoms with Crippen molar-refractivity contribution in [1.29, 1.82) is 0 Å². The molecule has 196 valence electrons. The second-order valence-corrected chi connectivity index (χ2v) is 10.6. The molecule has 0 aliphatic carbocycles. The van der Waals surface area contributed by atoms with E-state index in [-0.39, 0.29) is 17.1 Å². The molecule has 5 rings (SSSR count). The molecule has 0 atom stereocenters. The van der Waals surface area contributed by atoms with E-state index in [9.17, 15) is 9.18 Å². The number of aromatic nitrogens is 2. The van der Waals surface area contributed by atoms with Crippen LogP contribution in [0, 0.1) is 11.2 Å². The number of carbonyl (C=O) groups excluding carboxylic acids is 1. The Morgan fingerprint density at radius 1 is 1.03 bits per heavy atom. The van der Waals surface area contributed by atoms with Crippen molar-refractivity contribution in [2.75, 3.05) is 32.8 Å². The smallest absolute Gasteiger partial charge is 0.289 e. The summed E-state index contributed by atoms with van der Waals surface area (Å²) in [6.45, 7) is 4.15. The number of piperidine rings is 1. The highest BCUT2D eigenvalue weighted by atomic mass is 19.1. The lowest BCUT2D eigenvalue weighted by molar-refractivity contribution is 0.0349. The summed E-state index contributed by atoms with van der Waals surface area (Å²) in [7, 11) is 1.86. The quantitative estimate of drug-likeness (QED) is 0.499. The number of rotatable bonds is 3. The molecule has 0 radical (unpaired) electrons. The van der Waals surface area contributed by atoms with E-state index >= 15 is 0 Å². The van der Waals surface area contributed by atoms with E-state index in [0.29, 0.717) is 24.5 Å². The van der Waals surface area contributed by atoms with E-state index < -0.39 is 0 Å². The van der Waals surface area contributed by atoms with Crippen molar-refractivity contribution in [3.8, 4) is 5.75 Å². The normalized spacial score (nSPS) is 18.9. The standard InChI is InChI=1S/C30H37FN4O2/c1-33-19-16-32-28(33)29(36)35-17-14-30(15-18-35)13-7-6-9-24-8-3-5-12-27(24)37-21-20-34(23-30)22-25-10-2-4-11-26(25)31/h2-5,8,10-12,16,19H,6-7,9,13-15,17-18,20-23H2,1H3. The van der Waals surface area contributed by atoms with Gasteiger partial charge in [-0.1, -0.05) is 42.8 Å². The predicted molar refractivity (Wildman–Crippen MR) is 142 cm³/mol. The lowest BCUT2D eigenvalue weighted by Crippen LogP contribution is -2.49. The maximum absolute atomic E-state index is 14.6. The summed E-state index contributed by atoms with van der Waals surface area (Å²) in [6, 6.07) is 15.4. The summed E-state index contributed by atoms with van der Waals surface area (Å²) in [5.74, 6) is 1.30. The Labute approximate surface area is 219 Å². The number of para-hydroxylation sites is 1. The molecule has 6 nitrogen and oxygen atoms in total. The first kappa shape index (κ1) is 25.5. The Hall–Kier alpha value is -3.19. The van der Waals surface area contributed by atoms with Crippen LogP contribution in [0.25, 0.3) is 0 Å². The zero-order chi connectivity index (χ0) is 25.7. The number of hydrogen-bond acceptors (Lipinski definition) is 4. The van der Waals surface area contributed by atoms with Crippen molar-refractivity contribution in [2.24, 2.45) is 12.5 Å². The summed E-state index contributed by atoms with van der Waals surface area (Å²) in [6.07, 6.45) is 9.70. The van der Waals surface area contributed by atoms with Gasteiger partial charge in [0.15, 0.2) is 5.82 Å². The van der Waals surface area contributed by atoms with Gasteiger partial charge in [-0.05, 0) is 55.2 Å². The highest BCUT2D eigenvalue weighted by Crippen LogP contribution is 2.39. The van der Waals surface area contributed by atoms with Gasteiger partial charge >= 0.3 is 0 Å². The summed E-state index contributed by atoms with van der Waals surface area (Å²) in [5.41, 5.74) is 2.06. The van der Waals surface area contributed by atoms with E-state index in [2.05, 4.69) is 28.1 Å². The fraction of sp³-hybridized carbons (Fsp3) is 0.467.